The van der Waals surface area contributed by atoms with Crippen molar-refractivity contribution >= 4 is 44.8 Å². The van der Waals surface area contributed by atoms with Crippen LogP contribution in [0, 0.1) is 5.92 Å². The summed E-state index contributed by atoms with van der Waals surface area (Å²) in [6.45, 7) is 4.99. The Morgan fingerprint density at radius 1 is 0.933 bits per heavy atom. The quantitative estimate of drug-likeness (QED) is 0.0678. The van der Waals surface area contributed by atoms with E-state index in [0.717, 1.165) is 89.4 Å². The van der Waals surface area contributed by atoms with Gasteiger partial charge in [0.25, 0.3) is 0 Å². The largest absolute Gasteiger partial charge is 0.494 e. The van der Waals surface area contributed by atoms with Crippen molar-refractivity contribution in [1.82, 2.24) is 4.98 Å². The molecule has 1 fully saturated rings. The van der Waals surface area contributed by atoms with E-state index in [1.807, 2.05) is 24.3 Å². The highest BCUT2D eigenvalue weighted by atomic mass is 32.1. The Hall–Kier alpha value is -3.89. The van der Waals surface area contributed by atoms with Crippen molar-refractivity contribution in [2.24, 2.45) is 5.92 Å². The summed E-state index contributed by atoms with van der Waals surface area (Å²) < 4.78 is 29.5. The Kier molecular flexibility index (Phi) is 11.9. The van der Waals surface area contributed by atoms with Gasteiger partial charge in [-0.15, -0.1) is 11.3 Å². The number of nitrogens with zero attached hydrogens (tertiary/aromatic N) is 1. The number of esters is 2. The average molecular weight is 650 g/mol. The van der Waals surface area contributed by atoms with Crippen molar-refractivity contribution in [3.05, 3.63) is 71.4 Å². The molecule has 2 heterocycles. The molecule has 8 nitrogen and oxygen atoms in total. The van der Waals surface area contributed by atoms with Crippen LogP contribution in [0.3, 0.4) is 0 Å². The lowest BCUT2D eigenvalue weighted by molar-refractivity contribution is -0.137. The smallest absolute Gasteiger partial charge is 0.338 e. The zero-order valence-corrected chi connectivity index (χ0v) is 27.2. The zero-order valence-electron chi connectivity index (χ0n) is 25.5. The topological polar surface area (TPSA) is 93.2 Å². The highest BCUT2D eigenvalue weighted by Crippen LogP contribution is 2.41. The minimum Gasteiger partial charge on any atom is -0.494 e. The van der Waals surface area contributed by atoms with Gasteiger partial charge >= 0.3 is 11.9 Å². The molecule has 45 heavy (non-hydrogen) atoms. The van der Waals surface area contributed by atoms with Gasteiger partial charge in [-0.3, -0.25) is 0 Å². The number of thiazole rings is 1. The number of aromatic nitrogens is 1. The Balaban J connectivity index is 1.01. The molecule has 10 heteroatoms. The molecule has 0 unspecified atom stereocenters. The molecule has 2 aromatic heterocycles. The maximum atomic E-state index is 12.8. The molecule has 0 radical (unpaired) electrons. The number of fused-ring (bicyclic) bond motifs is 1. The van der Waals surface area contributed by atoms with E-state index in [2.05, 4.69) is 23.4 Å². The van der Waals surface area contributed by atoms with Crippen LogP contribution >= 0.6 is 22.7 Å². The van der Waals surface area contributed by atoms with Crippen LogP contribution < -0.4 is 14.2 Å². The van der Waals surface area contributed by atoms with Crippen LogP contribution in [0.2, 0.25) is 0 Å². The Bertz CT molecular complexity index is 1540. The van der Waals surface area contributed by atoms with Crippen LogP contribution in [0.15, 0.2) is 65.9 Å². The average Bonchev–Trinajstić information content (AvgIpc) is 3.77. The molecule has 0 bridgehead atoms. The van der Waals surface area contributed by atoms with E-state index in [-0.39, 0.29) is 18.0 Å². The van der Waals surface area contributed by atoms with Crippen LogP contribution in [0.25, 0.3) is 20.8 Å². The monoisotopic (exact) mass is 649 g/mol. The molecule has 238 valence electrons. The Labute approximate surface area is 271 Å². The Morgan fingerprint density at radius 2 is 1.69 bits per heavy atom. The van der Waals surface area contributed by atoms with Crippen molar-refractivity contribution in [2.75, 3.05) is 26.9 Å². The molecule has 0 spiro atoms. The number of methoxy groups -OCH3 is 1. The number of thiophene rings is 1. The summed E-state index contributed by atoms with van der Waals surface area (Å²) in [5, 5.41) is 5.11. The first-order valence-electron chi connectivity index (χ1n) is 15.4. The second-order valence-corrected chi connectivity index (χ2v) is 12.8. The number of ether oxygens (including phenoxy) is 5. The maximum absolute atomic E-state index is 12.8. The number of unbranched alkanes of at least 4 members (excludes halogenated alkanes) is 3. The first-order valence-corrected chi connectivity index (χ1v) is 17.2. The highest BCUT2D eigenvalue weighted by Gasteiger charge is 2.25. The van der Waals surface area contributed by atoms with Gasteiger partial charge in [-0.2, -0.15) is 11.3 Å². The van der Waals surface area contributed by atoms with Crippen molar-refractivity contribution < 1.29 is 33.3 Å². The lowest BCUT2D eigenvalue weighted by Gasteiger charge is -2.28. The first-order chi connectivity index (χ1) is 22.0. The SMILES string of the molecule is C=CC(=O)OCCCCCCOc1ccc(C(=O)OC2CCC(COc3ccc(OC)c4nc(-c5ccsc5)sc34)CC2)cc1. The van der Waals surface area contributed by atoms with E-state index < -0.39 is 0 Å². The van der Waals surface area contributed by atoms with Gasteiger partial charge in [0.2, 0.25) is 0 Å². The van der Waals surface area contributed by atoms with Crippen LogP contribution in [0.5, 0.6) is 17.2 Å². The summed E-state index contributed by atoms with van der Waals surface area (Å²) in [4.78, 5) is 28.6. The predicted octanol–water partition coefficient (Wildman–Crippen LogP) is 8.50. The number of hydrogen-bond donors (Lipinski definition) is 0. The van der Waals surface area contributed by atoms with Gasteiger partial charge < -0.3 is 23.7 Å². The molecule has 1 aliphatic rings. The van der Waals surface area contributed by atoms with E-state index in [1.165, 1.54) is 6.08 Å². The third kappa shape index (κ3) is 9.08. The minimum atomic E-state index is -0.383. The number of rotatable bonds is 16. The van der Waals surface area contributed by atoms with E-state index in [1.54, 1.807) is 41.9 Å². The van der Waals surface area contributed by atoms with Gasteiger partial charge in [-0.25, -0.2) is 14.6 Å². The summed E-state index contributed by atoms with van der Waals surface area (Å²) >= 11 is 3.28. The van der Waals surface area contributed by atoms with E-state index in [0.29, 0.717) is 31.3 Å². The maximum Gasteiger partial charge on any atom is 0.338 e. The molecule has 4 aromatic rings. The van der Waals surface area contributed by atoms with Gasteiger partial charge in [0.05, 0.1) is 32.5 Å². The van der Waals surface area contributed by atoms with Crippen LogP contribution in [0.4, 0.5) is 0 Å². The second kappa shape index (κ2) is 16.4. The molecule has 0 aliphatic heterocycles. The fourth-order valence-corrected chi connectivity index (χ4v) is 7.02. The summed E-state index contributed by atoms with van der Waals surface area (Å²) in [5.74, 6) is 2.01. The van der Waals surface area contributed by atoms with Crippen LogP contribution in [0.1, 0.15) is 61.7 Å². The summed E-state index contributed by atoms with van der Waals surface area (Å²) in [6, 6.07) is 13.1. The normalized spacial score (nSPS) is 16.2. The summed E-state index contributed by atoms with van der Waals surface area (Å²) in [6.07, 6.45) is 8.27. The minimum absolute atomic E-state index is 0.0904. The predicted molar refractivity (Wildman–Crippen MR) is 178 cm³/mol. The summed E-state index contributed by atoms with van der Waals surface area (Å²) in [5.41, 5.74) is 2.46. The number of carbonyl (C=O) groups excluding carboxylic acids is 2. The molecule has 1 saturated carbocycles. The van der Waals surface area contributed by atoms with Crippen LogP contribution in [-0.4, -0.2) is 50.0 Å². The van der Waals surface area contributed by atoms with Gasteiger partial charge in [-0.1, -0.05) is 6.58 Å². The third-order valence-corrected chi connectivity index (χ3v) is 9.61. The summed E-state index contributed by atoms with van der Waals surface area (Å²) in [7, 11) is 1.66. The zero-order chi connectivity index (χ0) is 31.4. The van der Waals surface area contributed by atoms with Crippen molar-refractivity contribution in [1.29, 1.82) is 0 Å². The molecule has 2 aromatic carbocycles. The van der Waals surface area contributed by atoms with Crippen molar-refractivity contribution in [3.8, 4) is 27.8 Å². The standard InChI is InChI=1S/C35H39NO7S2/c1-3-31(37)41-20-7-5-4-6-19-40-27-14-10-25(11-15-27)35(38)43-28-12-8-24(9-13-28)22-42-30-17-16-29(39-2)32-33(30)45-34(36-32)26-18-21-44-23-26/h3,10-11,14-18,21,23-24,28H,1,4-9,12-13,19-20,22H2,2H3. The van der Waals surface area contributed by atoms with Gasteiger partial charge in [0.15, 0.2) is 0 Å². The third-order valence-electron chi connectivity index (χ3n) is 7.81. The molecule has 0 N–H and O–H groups in total. The molecule has 0 amide bonds. The molecular formula is C35H39NO7S2. The second-order valence-electron chi connectivity index (χ2n) is 11.0. The molecule has 0 saturated heterocycles. The molecular weight excluding hydrogens is 611 g/mol. The lowest BCUT2D eigenvalue weighted by Crippen LogP contribution is -2.27. The van der Waals surface area contributed by atoms with E-state index >= 15 is 0 Å². The van der Waals surface area contributed by atoms with E-state index in [4.69, 9.17) is 28.7 Å². The molecule has 0 atom stereocenters. The fraction of sp³-hybridized carbons (Fsp3) is 0.400. The van der Waals surface area contributed by atoms with Crippen LogP contribution in [-0.2, 0) is 14.3 Å². The molecule has 1 aliphatic carbocycles. The fourth-order valence-electron chi connectivity index (χ4n) is 5.26. The van der Waals surface area contributed by atoms with Crippen molar-refractivity contribution in [3.63, 3.8) is 0 Å². The number of hydrogen-bond acceptors (Lipinski definition) is 10. The number of benzene rings is 2. The van der Waals surface area contributed by atoms with Gasteiger partial charge in [-0.05, 0) is 105 Å². The molecule has 5 rings (SSSR count). The van der Waals surface area contributed by atoms with Gasteiger partial charge in [0.1, 0.15) is 38.6 Å². The highest BCUT2D eigenvalue weighted by molar-refractivity contribution is 7.22. The first kappa shape index (κ1) is 32.5. The number of carbonyl (C=O) groups is 2. The Morgan fingerprint density at radius 3 is 2.40 bits per heavy atom. The van der Waals surface area contributed by atoms with Gasteiger partial charge in [0, 0.05) is 17.0 Å². The van der Waals surface area contributed by atoms with E-state index in [9.17, 15) is 9.59 Å². The van der Waals surface area contributed by atoms with Crippen molar-refractivity contribution in [2.45, 2.75) is 57.5 Å². The lowest BCUT2D eigenvalue weighted by atomic mass is 9.88.